The van der Waals surface area contributed by atoms with Crippen LogP contribution in [0.3, 0.4) is 0 Å². The Bertz CT molecular complexity index is 867. The maximum atomic E-state index is 12.7. The second-order valence-electron chi connectivity index (χ2n) is 6.56. The molecule has 1 fully saturated rings. The Kier molecular flexibility index (Phi) is 4.44. The third-order valence-electron chi connectivity index (χ3n) is 4.75. The lowest BCUT2D eigenvalue weighted by molar-refractivity contribution is 0.0931. The second-order valence-corrected chi connectivity index (χ2v) is 6.56. The quantitative estimate of drug-likeness (QED) is 0.739. The van der Waals surface area contributed by atoms with E-state index < -0.39 is 0 Å². The molecule has 1 amide bonds. The molecule has 0 bridgehead atoms. The highest BCUT2D eigenvalue weighted by Gasteiger charge is 2.33. The van der Waals surface area contributed by atoms with Crippen LogP contribution in [0, 0.1) is 5.92 Å². The molecular weight excluding hydrogens is 326 g/mol. The van der Waals surface area contributed by atoms with E-state index in [0.29, 0.717) is 11.5 Å². The van der Waals surface area contributed by atoms with E-state index in [1.54, 1.807) is 18.0 Å². The molecule has 2 aromatic carbocycles. The second kappa shape index (κ2) is 7.04. The van der Waals surface area contributed by atoms with Crippen LogP contribution in [0.2, 0.25) is 0 Å². The molecule has 1 aliphatic carbocycles. The Hall–Kier alpha value is -3.08. The van der Waals surface area contributed by atoms with Gasteiger partial charge < -0.3 is 10.1 Å². The fourth-order valence-electron chi connectivity index (χ4n) is 3.13. The number of nitrogens with zero attached hydrogens (tertiary/aromatic N) is 2. The van der Waals surface area contributed by atoms with E-state index in [1.165, 1.54) is 0 Å². The third kappa shape index (κ3) is 3.47. The van der Waals surface area contributed by atoms with Gasteiger partial charge in [0.15, 0.2) is 0 Å². The number of hydrogen-bond donors (Lipinski definition) is 1. The van der Waals surface area contributed by atoms with Gasteiger partial charge in [-0.2, -0.15) is 5.10 Å². The topological polar surface area (TPSA) is 56.1 Å². The number of nitrogens with one attached hydrogen (secondary N) is 1. The summed E-state index contributed by atoms with van der Waals surface area (Å²) in [5, 5.41) is 7.40. The molecule has 0 spiro atoms. The van der Waals surface area contributed by atoms with Crippen molar-refractivity contribution in [2.45, 2.75) is 18.9 Å². The number of methoxy groups -OCH3 is 1. The van der Waals surface area contributed by atoms with Gasteiger partial charge in [-0.25, -0.2) is 4.68 Å². The predicted octanol–water partition coefficient (Wildman–Crippen LogP) is 3.76. The summed E-state index contributed by atoms with van der Waals surface area (Å²) in [5.41, 5.74) is 2.70. The molecule has 1 saturated carbocycles. The molecule has 1 atom stereocenters. The molecule has 1 unspecified atom stereocenters. The standard InChI is InChI=1S/C21H21N3O2/c1-26-19-11-7-16(8-12-19)20(15-3-4-15)23-21(25)17-5-9-18(10-6-17)24-14-2-13-22-24/h2,5-15,20H,3-4H2,1H3,(H,23,25). The molecule has 0 saturated heterocycles. The molecule has 0 radical (unpaired) electrons. The van der Waals surface area contributed by atoms with E-state index in [-0.39, 0.29) is 11.9 Å². The van der Waals surface area contributed by atoms with Crippen LogP contribution in [0.5, 0.6) is 5.75 Å². The molecule has 1 N–H and O–H groups in total. The van der Waals surface area contributed by atoms with Crippen LogP contribution in [0.1, 0.15) is 34.8 Å². The molecule has 1 aliphatic rings. The van der Waals surface area contributed by atoms with E-state index in [0.717, 1.165) is 29.8 Å². The van der Waals surface area contributed by atoms with Crippen LogP contribution >= 0.6 is 0 Å². The SMILES string of the molecule is COc1ccc(C(NC(=O)c2ccc(-n3cccn3)cc2)C2CC2)cc1. The van der Waals surface area contributed by atoms with Crippen molar-refractivity contribution in [3.63, 3.8) is 0 Å². The average Bonchev–Trinajstić information content (AvgIpc) is 3.39. The Morgan fingerprint density at radius 2 is 1.88 bits per heavy atom. The maximum absolute atomic E-state index is 12.7. The molecule has 5 nitrogen and oxygen atoms in total. The Balaban J connectivity index is 1.49. The molecule has 3 aromatic rings. The van der Waals surface area contributed by atoms with Crippen molar-refractivity contribution in [2.24, 2.45) is 5.92 Å². The van der Waals surface area contributed by atoms with Gasteiger partial charge in [0.1, 0.15) is 5.75 Å². The smallest absolute Gasteiger partial charge is 0.251 e. The zero-order chi connectivity index (χ0) is 17.9. The lowest BCUT2D eigenvalue weighted by Gasteiger charge is -2.19. The highest BCUT2D eigenvalue weighted by Crippen LogP contribution is 2.41. The van der Waals surface area contributed by atoms with Gasteiger partial charge in [0, 0.05) is 18.0 Å². The average molecular weight is 347 g/mol. The molecule has 26 heavy (non-hydrogen) atoms. The van der Waals surface area contributed by atoms with E-state index >= 15 is 0 Å². The summed E-state index contributed by atoms with van der Waals surface area (Å²) in [6.07, 6.45) is 5.90. The molecule has 132 valence electrons. The highest BCUT2D eigenvalue weighted by molar-refractivity contribution is 5.94. The van der Waals surface area contributed by atoms with Crippen molar-refractivity contribution in [2.75, 3.05) is 7.11 Å². The minimum Gasteiger partial charge on any atom is -0.497 e. The Morgan fingerprint density at radius 1 is 1.15 bits per heavy atom. The van der Waals surface area contributed by atoms with E-state index in [9.17, 15) is 4.79 Å². The van der Waals surface area contributed by atoms with Gasteiger partial charge in [0.2, 0.25) is 0 Å². The van der Waals surface area contributed by atoms with Crippen LogP contribution in [0.25, 0.3) is 5.69 Å². The fourth-order valence-corrected chi connectivity index (χ4v) is 3.13. The lowest BCUT2D eigenvalue weighted by Crippen LogP contribution is -2.29. The largest absolute Gasteiger partial charge is 0.497 e. The summed E-state index contributed by atoms with van der Waals surface area (Å²) >= 11 is 0. The zero-order valence-electron chi connectivity index (χ0n) is 14.6. The van der Waals surface area contributed by atoms with Crippen molar-refractivity contribution in [1.29, 1.82) is 0 Å². The Labute approximate surface area is 152 Å². The minimum absolute atomic E-state index is 0.0409. The first-order chi connectivity index (χ1) is 12.7. The normalized spacial score (nSPS) is 14.7. The van der Waals surface area contributed by atoms with Crippen LogP contribution in [0.4, 0.5) is 0 Å². The van der Waals surface area contributed by atoms with Gasteiger partial charge >= 0.3 is 0 Å². The number of amides is 1. The number of ether oxygens (including phenoxy) is 1. The number of aromatic nitrogens is 2. The molecule has 4 rings (SSSR count). The number of hydrogen-bond acceptors (Lipinski definition) is 3. The summed E-state index contributed by atoms with van der Waals surface area (Å²) in [5.74, 6) is 1.28. The first-order valence-electron chi connectivity index (χ1n) is 8.79. The fraction of sp³-hybridized carbons (Fsp3) is 0.238. The highest BCUT2D eigenvalue weighted by atomic mass is 16.5. The zero-order valence-corrected chi connectivity index (χ0v) is 14.6. The van der Waals surface area contributed by atoms with Gasteiger partial charge in [0.25, 0.3) is 5.91 Å². The number of carbonyl (C=O) groups is 1. The molecule has 1 heterocycles. The van der Waals surface area contributed by atoms with E-state index in [1.807, 2.05) is 60.8 Å². The summed E-state index contributed by atoms with van der Waals surface area (Å²) in [6.45, 7) is 0. The summed E-state index contributed by atoms with van der Waals surface area (Å²) in [6, 6.07) is 17.3. The predicted molar refractivity (Wildman–Crippen MR) is 99.5 cm³/mol. The van der Waals surface area contributed by atoms with Crippen molar-refractivity contribution in [3.05, 3.63) is 78.1 Å². The minimum atomic E-state index is -0.0512. The number of benzene rings is 2. The Morgan fingerprint density at radius 3 is 2.46 bits per heavy atom. The third-order valence-corrected chi connectivity index (χ3v) is 4.75. The van der Waals surface area contributed by atoms with Crippen molar-refractivity contribution in [1.82, 2.24) is 15.1 Å². The van der Waals surface area contributed by atoms with Crippen molar-refractivity contribution in [3.8, 4) is 11.4 Å². The van der Waals surface area contributed by atoms with Crippen molar-refractivity contribution < 1.29 is 9.53 Å². The lowest BCUT2D eigenvalue weighted by atomic mass is 10.0. The number of carbonyl (C=O) groups excluding carboxylic acids is 1. The number of rotatable bonds is 6. The molecule has 1 aromatic heterocycles. The van der Waals surface area contributed by atoms with Crippen LogP contribution in [-0.2, 0) is 0 Å². The van der Waals surface area contributed by atoms with Crippen LogP contribution < -0.4 is 10.1 Å². The van der Waals surface area contributed by atoms with Gasteiger partial charge in [-0.1, -0.05) is 12.1 Å². The van der Waals surface area contributed by atoms with Crippen LogP contribution in [-0.4, -0.2) is 22.8 Å². The van der Waals surface area contributed by atoms with E-state index in [4.69, 9.17) is 4.74 Å². The molecule has 5 heteroatoms. The monoisotopic (exact) mass is 347 g/mol. The van der Waals surface area contributed by atoms with Crippen molar-refractivity contribution >= 4 is 5.91 Å². The summed E-state index contributed by atoms with van der Waals surface area (Å²) in [4.78, 5) is 12.7. The first kappa shape index (κ1) is 16.4. The van der Waals surface area contributed by atoms with Gasteiger partial charge in [-0.05, 0) is 66.8 Å². The molecular formula is C21H21N3O2. The van der Waals surface area contributed by atoms with E-state index in [2.05, 4.69) is 10.4 Å². The first-order valence-corrected chi connectivity index (χ1v) is 8.79. The van der Waals surface area contributed by atoms with Gasteiger partial charge in [-0.3, -0.25) is 4.79 Å². The van der Waals surface area contributed by atoms with Crippen LogP contribution in [0.15, 0.2) is 67.0 Å². The maximum Gasteiger partial charge on any atom is 0.251 e. The molecule has 0 aliphatic heterocycles. The summed E-state index contributed by atoms with van der Waals surface area (Å²) in [7, 11) is 1.65. The van der Waals surface area contributed by atoms with Gasteiger partial charge in [-0.15, -0.1) is 0 Å². The van der Waals surface area contributed by atoms with Gasteiger partial charge in [0.05, 0.1) is 18.8 Å². The summed E-state index contributed by atoms with van der Waals surface area (Å²) < 4.78 is 6.99.